The summed E-state index contributed by atoms with van der Waals surface area (Å²) in [6.45, 7) is 4.27. The number of morpholine rings is 1. The van der Waals surface area contributed by atoms with Crippen LogP contribution >= 0.6 is 0 Å². The Balaban J connectivity index is 1.47. The molecular formula is C26H25N7O2. The van der Waals surface area contributed by atoms with E-state index in [9.17, 15) is 0 Å². The third-order valence-electron chi connectivity index (χ3n) is 6.22. The van der Waals surface area contributed by atoms with E-state index >= 15 is 0 Å². The van der Waals surface area contributed by atoms with Crippen LogP contribution in [0.5, 0.6) is 5.75 Å². The maximum Gasteiger partial charge on any atom is 0.160 e. The molecular weight excluding hydrogens is 442 g/mol. The molecule has 0 unspecified atom stereocenters. The van der Waals surface area contributed by atoms with Gasteiger partial charge >= 0.3 is 0 Å². The molecule has 0 radical (unpaired) electrons. The summed E-state index contributed by atoms with van der Waals surface area (Å²) in [6, 6.07) is 18.0. The van der Waals surface area contributed by atoms with Crippen LogP contribution in [-0.2, 0) is 4.74 Å². The van der Waals surface area contributed by atoms with E-state index in [1.807, 2.05) is 70.0 Å². The number of hydrogen-bond acceptors (Lipinski definition) is 7. The van der Waals surface area contributed by atoms with Crippen molar-refractivity contribution in [1.82, 2.24) is 29.4 Å². The summed E-state index contributed by atoms with van der Waals surface area (Å²) in [7, 11) is 1.66. The van der Waals surface area contributed by atoms with Crippen LogP contribution < -0.4 is 9.64 Å². The summed E-state index contributed by atoms with van der Waals surface area (Å²) in [4.78, 5) is 11.4. The summed E-state index contributed by atoms with van der Waals surface area (Å²) in [5, 5.41) is 9.72. The van der Waals surface area contributed by atoms with Gasteiger partial charge in [-0.3, -0.25) is 4.98 Å². The van der Waals surface area contributed by atoms with Gasteiger partial charge in [-0.15, -0.1) is 0 Å². The fourth-order valence-corrected chi connectivity index (χ4v) is 4.39. The highest BCUT2D eigenvalue weighted by molar-refractivity contribution is 5.67. The molecule has 176 valence electrons. The zero-order valence-corrected chi connectivity index (χ0v) is 19.6. The van der Waals surface area contributed by atoms with E-state index in [1.165, 1.54) is 0 Å². The second kappa shape index (κ2) is 8.84. The van der Waals surface area contributed by atoms with Gasteiger partial charge in [0, 0.05) is 48.4 Å². The highest BCUT2D eigenvalue weighted by Gasteiger charge is 2.24. The molecule has 9 nitrogen and oxygen atoms in total. The van der Waals surface area contributed by atoms with Crippen molar-refractivity contribution >= 4 is 11.5 Å². The minimum Gasteiger partial charge on any atom is -0.497 e. The van der Waals surface area contributed by atoms with Crippen molar-refractivity contribution in [2.45, 2.75) is 13.0 Å². The average Bonchev–Trinajstić information content (AvgIpc) is 3.57. The number of ether oxygens (including phenoxy) is 2. The number of rotatable bonds is 5. The first-order chi connectivity index (χ1) is 17.2. The van der Waals surface area contributed by atoms with Gasteiger partial charge in [0.1, 0.15) is 11.6 Å². The molecule has 1 aliphatic rings. The second-order valence-electron chi connectivity index (χ2n) is 8.50. The maximum absolute atomic E-state index is 5.68. The molecule has 5 aromatic rings. The number of anilines is 1. The lowest BCUT2D eigenvalue weighted by molar-refractivity contribution is 0.0983. The number of benzene rings is 1. The summed E-state index contributed by atoms with van der Waals surface area (Å²) >= 11 is 0. The van der Waals surface area contributed by atoms with Crippen LogP contribution in [-0.4, -0.2) is 62.3 Å². The SMILES string of the molecule is COc1cccc(-c2ccn(-c3cc(N4CCOC[C@H]4C)n4nc(-c5ccncc5)cc4n3)n2)c1. The summed E-state index contributed by atoms with van der Waals surface area (Å²) < 4.78 is 14.8. The lowest BCUT2D eigenvalue weighted by atomic mass is 10.1. The average molecular weight is 468 g/mol. The Bertz CT molecular complexity index is 1480. The molecule has 5 heterocycles. The van der Waals surface area contributed by atoms with Gasteiger partial charge in [0.05, 0.1) is 37.8 Å². The Hall–Kier alpha value is -4.24. The van der Waals surface area contributed by atoms with Crippen molar-refractivity contribution in [2.24, 2.45) is 0 Å². The van der Waals surface area contributed by atoms with Crippen LogP contribution in [0.15, 0.2) is 73.2 Å². The van der Waals surface area contributed by atoms with E-state index in [0.717, 1.165) is 52.1 Å². The molecule has 0 bridgehead atoms. The Morgan fingerprint density at radius 1 is 0.971 bits per heavy atom. The molecule has 35 heavy (non-hydrogen) atoms. The zero-order chi connectivity index (χ0) is 23.8. The third kappa shape index (κ3) is 4.00. The molecule has 0 N–H and O–H groups in total. The normalized spacial score (nSPS) is 16.1. The van der Waals surface area contributed by atoms with Gasteiger partial charge in [0.25, 0.3) is 0 Å². The second-order valence-corrected chi connectivity index (χ2v) is 8.50. The lowest BCUT2D eigenvalue weighted by Crippen LogP contribution is -2.44. The molecule has 1 aromatic carbocycles. The van der Waals surface area contributed by atoms with E-state index in [4.69, 9.17) is 24.7 Å². The Morgan fingerprint density at radius 2 is 1.86 bits per heavy atom. The number of fused-ring (bicyclic) bond motifs is 1. The zero-order valence-electron chi connectivity index (χ0n) is 19.6. The van der Waals surface area contributed by atoms with Gasteiger partial charge in [-0.25, -0.2) is 9.67 Å². The standard InChI is InChI=1S/C26H25N7O2/c1-18-17-35-13-12-31(18)26-16-24(28-25-15-23(30-33(25)26)19-6-9-27-10-7-19)32-11-8-22(29-32)20-4-3-5-21(14-20)34-2/h3-11,14-16,18H,12-13,17H2,1-2H3/t18-/m1/s1. The Morgan fingerprint density at radius 3 is 2.69 bits per heavy atom. The summed E-state index contributed by atoms with van der Waals surface area (Å²) in [5.41, 5.74) is 4.42. The van der Waals surface area contributed by atoms with Crippen molar-refractivity contribution in [2.75, 3.05) is 31.8 Å². The van der Waals surface area contributed by atoms with Gasteiger partial charge in [-0.1, -0.05) is 12.1 Å². The first-order valence-electron chi connectivity index (χ1n) is 11.6. The van der Waals surface area contributed by atoms with Crippen molar-refractivity contribution in [3.8, 4) is 34.1 Å². The van der Waals surface area contributed by atoms with Crippen LogP contribution in [0.25, 0.3) is 34.0 Å². The molecule has 0 spiro atoms. The van der Waals surface area contributed by atoms with E-state index in [0.29, 0.717) is 13.2 Å². The first-order valence-corrected chi connectivity index (χ1v) is 11.6. The molecule has 1 aliphatic heterocycles. The van der Waals surface area contributed by atoms with Crippen molar-refractivity contribution in [1.29, 1.82) is 0 Å². The van der Waals surface area contributed by atoms with Crippen molar-refractivity contribution < 1.29 is 9.47 Å². The lowest BCUT2D eigenvalue weighted by Gasteiger charge is -2.35. The molecule has 0 aliphatic carbocycles. The van der Waals surface area contributed by atoms with Crippen LogP contribution in [0.1, 0.15) is 6.92 Å². The van der Waals surface area contributed by atoms with Crippen LogP contribution in [0.4, 0.5) is 5.82 Å². The monoisotopic (exact) mass is 467 g/mol. The highest BCUT2D eigenvalue weighted by Crippen LogP contribution is 2.28. The number of pyridine rings is 1. The molecule has 4 aromatic heterocycles. The molecule has 0 saturated carbocycles. The summed E-state index contributed by atoms with van der Waals surface area (Å²) in [5.74, 6) is 2.48. The van der Waals surface area contributed by atoms with Gasteiger partial charge in [0.15, 0.2) is 11.5 Å². The van der Waals surface area contributed by atoms with E-state index in [-0.39, 0.29) is 6.04 Å². The highest BCUT2D eigenvalue weighted by atomic mass is 16.5. The summed E-state index contributed by atoms with van der Waals surface area (Å²) in [6.07, 6.45) is 5.47. The molecule has 1 atom stereocenters. The van der Waals surface area contributed by atoms with Gasteiger partial charge in [0.2, 0.25) is 0 Å². The van der Waals surface area contributed by atoms with E-state index < -0.39 is 0 Å². The van der Waals surface area contributed by atoms with E-state index in [2.05, 4.69) is 16.8 Å². The van der Waals surface area contributed by atoms with Crippen molar-refractivity contribution in [3.05, 3.63) is 73.2 Å². The van der Waals surface area contributed by atoms with Crippen molar-refractivity contribution in [3.63, 3.8) is 0 Å². The predicted molar refractivity (Wildman–Crippen MR) is 133 cm³/mol. The van der Waals surface area contributed by atoms with Gasteiger partial charge in [-0.2, -0.15) is 14.7 Å². The minimum absolute atomic E-state index is 0.209. The molecule has 9 heteroatoms. The minimum atomic E-state index is 0.209. The smallest absolute Gasteiger partial charge is 0.160 e. The fourth-order valence-electron chi connectivity index (χ4n) is 4.39. The molecule has 1 fully saturated rings. The Labute approximate surface area is 202 Å². The number of hydrogen-bond donors (Lipinski definition) is 0. The first kappa shape index (κ1) is 21.3. The molecule has 0 amide bonds. The van der Waals surface area contributed by atoms with E-state index in [1.54, 1.807) is 19.5 Å². The van der Waals surface area contributed by atoms with Crippen LogP contribution in [0.2, 0.25) is 0 Å². The number of methoxy groups -OCH3 is 1. The topological polar surface area (TPSA) is 82.6 Å². The quantitative estimate of drug-likeness (QED) is 0.388. The third-order valence-corrected chi connectivity index (χ3v) is 6.22. The van der Waals surface area contributed by atoms with Crippen LogP contribution in [0, 0.1) is 0 Å². The van der Waals surface area contributed by atoms with Crippen LogP contribution in [0.3, 0.4) is 0 Å². The van der Waals surface area contributed by atoms with Gasteiger partial charge in [-0.05, 0) is 37.3 Å². The predicted octanol–water partition coefficient (Wildman–Crippen LogP) is 3.88. The largest absolute Gasteiger partial charge is 0.497 e. The van der Waals surface area contributed by atoms with Gasteiger partial charge < -0.3 is 14.4 Å². The Kier molecular flexibility index (Phi) is 5.38. The number of nitrogens with zero attached hydrogens (tertiary/aromatic N) is 7. The number of aromatic nitrogens is 6. The molecule has 1 saturated heterocycles. The maximum atomic E-state index is 5.68. The fraction of sp³-hybridized carbons (Fsp3) is 0.231. The molecule has 6 rings (SSSR count).